The van der Waals surface area contributed by atoms with E-state index in [1.165, 1.54) is 0 Å². The second kappa shape index (κ2) is 13.7. The van der Waals surface area contributed by atoms with Crippen molar-refractivity contribution >= 4 is 52.4 Å². The zero-order chi connectivity index (χ0) is 29.2. The van der Waals surface area contributed by atoms with Crippen molar-refractivity contribution in [1.29, 1.82) is 0 Å². The summed E-state index contributed by atoms with van der Waals surface area (Å²) >= 11 is 0. The van der Waals surface area contributed by atoms with E-state index in [-0.39, 0.29) is 24.8 Å². The van der Waals surface area contributed by atoms with Gasteiger partial charge in [-0.3, -0.25) is 9.59 Å². The van der Waals surface area contributed by atoms with Crippen LogP contribution >= 0.6 is 0 Å². The molecule has 0 unspecified atom stereocenters. The lowest BCUT2D eigenvalue weighted by atomic mass is 10.2. The third-order valence-electron chi connectivity index (χ3n) is 6.16. The Kier molecular flexibility index (Phi) is 9.60. The summed E-state index contributed by atoms with van der Waals surface area (Å²) in [5, 5.41) is 3.34. The molecule has 1 amide bonds. The van der Waals surface area contributed by atoms with E-state index < -0.39 is 6.09 Å². The van der Waals surface area contributed by atoms with Gasteiger partial charge in [-0.2, -0.15) is 4.99 Å². The van der Waals surface area contributed by atoms with Crippen LogP contribution in [0, 0.1) is 0 Å². The number of nitrogens with two attached hydrogens (primary N) is 1. The Labute approximate surface area is 236 Å². The highest BCUT2D eigenvalue weighted by Gasteiger charge is 2.16. The molecule has 0 fully saturated rings. The van der Waals surface area contributed by atoms with Crippen LogP contribution in [0.2, 0.25) is 0 Å². The fourth-order valence-corrected chi connectivity index (χ4v) is 4.13. The molecule has 0 aliphatic rings. The number of pyridine rings is 1. The zero-order valence-corrected chi connectivity index (χ0v) is 22.8. The van der Waals surface area contributed by atoms with Crippen molar-refractivity contribution in [1.82, 2.24) is 14.5 Å². The predicted octanol–water partition coefficient (Wildman–Crippen LogP) is 3.71. The molecule has 0 radical (unpaired) electrons. The Bertz CT molecular complexity index is 1530. The van der Waals surface area contributed by atoms with Crippen LogP contribution in [0.4, 0.5) is 22.0 Å². The van der Waals surface area contributed by atoms with Gasteiger partial charge < -0.3 is 30.0 Å². The van der Waals surface area contributed by atoms with Crippen molar-refractivity contribution in [2.45, 2.75) is 19.9 Å². The number of hydrogen-bond acceptors (Lipinski definition) is 9. The van der Waals surface area contributed by atoms with Gasteiger partial charge >= 0.3 is 12.1 Å². The van der Waals surface area contributed by atoms with Gasteiger partial charge in [0.05, 0.1) is 30.6 Å². The Balaban J connectivity index is 1.48. The molecule has 12 heteroatoms. The van der Waals surface area contributed by atoms with Crippen LogP contribution in [0.25, 0.3) is 11.0 Å². The number of nitrogens with one attached hydrogen (secondary N) is 1. The highest BCUT2D eigenvalue weighted by molar-refractivity contribution is 6.03. The number of aldehydes is 1. The van der Waals surface area contributed by atoms with Crippen LogP contribution in [0.15, 0.2) is 71.9 Å². The van der Waals surface area contributed by atoms with Crippen LogP contribution in [0.5, 0.6) is 0 Å². The summed E-state index contributed by atoms with van der Waals surface area (Å²) in [6.07, 6.45) is 1.47. The fourth-order valence-electron chi connectivity index (χ4n) is 4.13. The Hall–Kier alpha value is -5.26. The summed E-state index contributed by atoms with van der Waals surface area (Å²) in [7, 11) is 1.95. The summed E-state index contributed by atoms with van der Waals surface area (Å²) in [4.78, 5) is 48.8. The number of aryl methyl sites for hydroxylation is 1. The molecule has 4 rings (SSSR count). The molecule has 2 aromatic carbocycles. The van der Waals surface area contributed by atoms with E-state index in [9.17, 15) is 14.4 Å². The molecular formula is C29H31N7O5. The van der Waals surface area contributed by atoms with Crippen molar-refractivity contribution in [2.75, 3.05) is 30.0 Å². The summed E-state index contributed by atoms with van der Waals surface area (Å²) < 4.78 is 11.7. The van der Waals surface area contributed by atoms with E-state index in [1.54, 1.807) is 25.3 Å². The lowest BCUT2D eigenvalue weighted by molar-refractivity contribution is -0.142. The van der Waals surface area contributed by atoms with Crippen LogP contribution < -0.4 is 16.0 Å². The minimum atomic E-state index is -0.927. The topological polar surface area (TPSA) is 154 Å². The quantitative estimate of drug-likeness (QED) is 0.114. The van der Waals surface area contributed by atoms with Gasteiger partial charge in [-0.05, 0) is 61.5 Å². The summed E-state index contributed by atoms with van der Waals surface area (Å²) in [6, 6.07) is 18.7. The van der Waals surface area contributed by atoms with Crippen molar-refractivity contribution in [3.05, 3.63) is 78.2 Å². The first-order chi connectivity index (χ1) is 19.9. The standard InChI is InChI=1S/C29H31N7O5/c1-3-40-27(38)13-15-36(25-6-4-5-14-31-25)22-11-12-24-23(18-22)33-26(35(24)2)19-32-21-9-7-20(8-10-21)28(30)34-29(39)41-17-16-37/h4-12,14,16,18,32H,3,13,15,17,19H2,1-2H3,(H2,30,34,39). The summed E-state index contributed by atoms with van der Waals surface area (Å²) in [5.41, 5.74) is 9.84. The number of nitrogens with zero attached hydrogens (tertiary/aromatic N) is 5. The maximum atomic E-state index is 12.1. The zero-order valence-electron chi connectivity index (χ0n) is 22.8. The smallest absolute Gasteiger partial charge is 0.435 e. The number of aliphatic imine (C=N–C) groups is 1. The predicted molar refractivity (Wildman–Crippen MR) is 155 cm³/mol. The number of hydrogen-bond donors (Lipinski definition) is 2. The molecule has 0 saturated carbocycles. The molecule has 2 aromatic heterocycles. The third-order valence-corrected chi connectivity index (χ3v) is 6.16. The van der Waals surface area contributed by atoms with Crippen molar-refractivity contribution < 1.29 is 23.9 Å². The van der Waals surface area contributed by atoms with Crippen molar-refractivity contribution in [3.63, 3.8) is 0 Å². The molecule has 4 aromatic rings. The number of amidine groups is 1. The molecular weight excluding hydrogens is 526 g/mol. The molecule has 0 saturated heterocycles. The average molecular weight is 558 g/mol. The van der Waals surface area contributed by atoms with Gasteiger partial charge in [-0.1, -0.05) is 6.07 Å². The molecule has 0 aliphatic carbocycles. The van der Waals surface area contributed by atoms with E-state index in [0.29, 0.717) is 31.5 Å². The second-order valence-corrected chi connectivity index (χ2v) is 8.83. The molecule has 0 spiro atoms. The first-order valence-corrected chi connectivity index (χ1v) is 13.0. The van der Waals surface area contributed by atoms with Gasteiger partial charge in [0.2, 0.25) is 0 Å². The molecule has 212 valence electrons. The SMILES string of the molecule is CCOC(=O)CCN(c1ccc2c(c1)nc(CNc1ccc(/C(N)=N\C(=O)OCC=O)cc1)n2C)c1ccccn1. The van der Waals surface area contributed by atoms with Gasteiger partial charge in [0.1, 0.15) is 24.1 Å². The largest absolute Gasteiger partial charge is 0.466 e. The van der Waals surface area contributed by atoms with E-state index >= 15 is 0 Å². The lowest BCUT2D eigenvalue weighted by Gasteiger charge is -2.23. The van der Waals surface area contributed by atoms with Gasteiger partial charge in [0, 0.05) is 36.7 Å². The maximum Gasteiger partial charge on any atom is 0.435 e. The number of carbonyl (C=O) groups excluding carboxylic acids is 3. The normalized spacial score (nSPS) is 11.2. The van der Waals surface area contributed by atoms with Crippen molar-refractivity contribution in [3.8, 4) is 0 Å². The Morgan fingerprint density at radius 1 is 1.12 bits per heavy atom. The highest BCUT2D eigenvalue weighted by atomic mass is 16.5. The maximum absolute atomic E-state index is 12.1. The van der Waals surface area contributed by atoms with Crippen LogP contribution in [0.1, 0.15) is 24.7 Å². The summed E-state index contributed by atoms with van der Waals surface area (Å²) in [5.74, 6) is 1.26. The third kappa shape index (κ3) is 7.44. The molecule has 41 heavy (non-hydrogen) atoms. The molecule has 3 N–H and O–H groups in total. The number of imidazole rings is 1. The van der Waals surface area contributed by atoms with E-state index in [4.69, 9.17) is 15.5 Å². The van der Waals surface area contributed by atoms with Gasteiger partial charge in [-0.15, -0.1) is 0 Å². The Morgan fingerprint density at radius 3 is 2.63 bits per heavy atom. The number of ether oxygens (including phenoxy) is 2. The minimum absolute atomic E-state index is 0.0133. The first kappa shape index (κ1) is 28.7. The molecule has 0 aliphatic heterocycles. The fraction of sp³-hybridized carbons (Fsp3) is 0.241. The number of anilines is 3. The summed E-state index contributed by atoms with van der Waals surface area (Å²) in [6.45, 7) is 2.61. The number of aromatic nitrogens is 3. The van der Waals surface area contributed by atoms with Crippen LogP contribution in [-0.2, 0) is 32.7 Å². The number of amides is 1. The first-order valence-electron chi connectivity index (χ1n) is 13.0. The molecule has 0 atom stereocenters. The van der Waals surface area contributed by atoms with E-state index in [0.717, 1.165) is 34.1 Å². The second-order valence-electron chi connectivity index (χ2n) is 8.83. The number of carbonyl (C=O) groups is 3. The number of benzene rings is 2. The van der Waals surface area contributed by atoms with Crippen LogP contribution in [0.3, 0.4) is 0 Å². The minimum Gasteiger partial charge on any atom is -0.466 e. The van der Waals surface area contributed by atoms with Crippen molar-refractivity contribution in [2.24, 2.45) is 17.8 Å². The number of rotatable bonds is 12. The van der Waals surface area contributed by atoms with Gasteiger partial charge in [0.25, 0.3) is 0 Å². The Morgan fingerprint density at radius 2 is 1.93 bits per heavy atom. The van der Waals surface area contributed by atoms with E-state index in [2.05, 4.69) is 20.0 Å². The highest BCUT2D eigenvalue weighted by Crippen LogP contribution is 2.28. The number of esters is 1. The number of fused-ring (bicyclic) bond motifs is 1. The van der Waals surface area contributed by atoms with E-state index in [1.807, 2.05) is 65.0 Å². The average Bonchev–Trinajstić information content (AvgIpc) is 3.30. The van der Waals surface area contributed by atoms with Crippen LogP contribution in [-0.4, -0.2) is 58.5 Å². The van der Waals surface area contributed by atoms with Gasteiger partial charge in [0.15, 0.2) is 6.29 Å². The molecule has 12 nitrogen and oxygen atoms in total. The monoisotopic (exact) mass is 557 g/mol. The molecule has 2 heterocycles. The lowest BCUT2D eigenvalue weighted by Crippen LogP contribution is -2.22. The molecule has 0 bridgehead atoms. The van der Waals surface area contributed by atoms with Gasteiger partial charge in [-0.25, -0.2) is 14.8 Å².